The highest BCUT2D eigenvalue weighted by atomic mass is 19.1. The highest BCUT2D eigenvalue weighted by Gasteiger charge is 2.14. The molecule has 0 saturated carbocycles. The summed E-state index contributed by atoms with van der Waals surface area (Å²) in [6, 6.07) is 9.84. The smallest absolute Gasteiger partial charge is 0.258 e. The number of hydrogen-bond donors (Lipinski definition) is 1. The zero-order valence-corrected chi connectivity index (χ0v) is 14.3. The maximum Gasteiger partial charge on any atom is 0.258 e. The minimum Gasteiger partial charge on any atom is -0.334 e. The number of amides is 1. The molecule has 0 aliphatic heterocycles. The number of carbonyl (C=O) groups excluding carboxylic acids is 1. The van der Waals surface area contributed by atoms with Crippen LogP contribution in [0.25, 0.3) is 22.2 Å². The number of anilines is 1. The van der Waals surface area contributed by atoms with Gasteiger partial charge >= 0.3 is 0 Å². The molecule has 130 valence electrons. The lowest BCUT2D eigenvalue weighted by Crippen LogP contribution is -2.14. The molecule has 2 heterocycles. The summed E-state index contributed by atoms with van der Waals surface area (Å²) in [6.45, 7) is 0. The summed E-state index contributed by atoms with van der Waals surface area (Å²) in [5.41, 5.74) is 3.80. The van der Waals surface area contributed by atoms with Gasteiger partial charge in [-0.2, -0.15) is 5.10 Å². The number of halogens is 1. The van der Waals surface area contributed by atoms with Gasteiger partial charge in [-0.3, -0.25) is 9.48 Å². The molecular formula is C19H16FN5O. The molecule has 1 N–H and O–H groups in total. The molecule has 7 heteroatoms. The van der Waals surface area contributed by atoms with Gasteiger partial charge in [-0.05, 0) is 35.9 Å². The number of hydrogen-bond acceptors (Lipinski definition) is 3. The summed E-state index contributed by atoms with van der Waals surface area (Å²) in [5, 5.41) is 6.84. The lowest BCUT2D eigenvalue weighted by molar-refractivity contribution is 0.102. The van der Waals surface area contributed by atoms with Crippen molar-refractivity contribution < 1.29 is 9.18 Å². The summed E-state index contributed by atoms with van der Waals surface area (Å²) in [4.78, 5) is 16.8. The molecular weight excluding hydrogens is 333 g/mol. The minimum atomic E-state index is -0.575. The molecule has 0 bridgehead atoms. The van der Waals surface area contributed by atoms with E-state index in [1.54, 1.807) is 42.5 Å². The third-order valence-electron chi connectivity index (χ3n) is 4.23. The van der Waals surface area contributed by atoms with Crippen LogP contribution >= 0.6 is 0 Å². The third-order valence-corrected chi connectivity index (χ3v) is 4.23. The van der Waals surface area contributed by atoms with Crippen molar-refractivity contribution in [2.45, 2.75) is 0 Å². The van der Waals surface area contributed by atoms with Crippen LogP contribution < -0.4 is 5.32 Å². The predicted octanol–water partition coefficient (Wildman–Crippen LogP) is 3.37. The summed E-state index contributed by atoms with van der Waals surface area (Å²) in [5.74, 6) is -1.09. The Morgan fingerprint density at radius 3 is 2.73 bits per heavy atom. The Labute approximate surface area is 148 Å². The summed E-state index contributed by atoms with van der Waals surface area (Å²) >= 11 is 0. The molecule has 0 aliphatic rings. The highest BCUT2D eigenvalue weighted by molar-refractivity contribution is 6.05. The molecule has 1 amide bonds. The van der Waals surface area contributed by atoms with Crippen molar-refractivity contribution in [1.29, 1.82) is 0 Å². The zero-order valence-electron chi connectivity index (χ0n) is 14.3. The Hall–Kier alpha value is -3.48. The van der Waals surface area contributed by atoms with Crippen LogP contribution in [-0.4, -0.2) is 25.2 Å². The van der Waals surface area contributed by atoms with Crippen molar-refractivity contribution in [3.8, 4) is 11.1 Å². The number of benzene rings is 2. The van der Waals surface area contributed by atoms with Gasteiger partial charge in [0.05, 0.1) is 29.1 Å². The molecule has 2 aromatic heterocycles. The van der Waals surface area contributed by atoms with Gasteiger partial charge in [0.1, 0.15) is 5.82 Å². The normalized spacial score (nSPS) is 11.0. The Kier molecular flexibility index (Phi) is 3.76. The van der Waals surface area contributed by atoms with E-state index >= 15 is 0 Å². The summed E-state index contributed by atoms with van der Waals surface area (Å²) in [6.07, 6.45) is 5.18. The first kappa shape index (κ1) is 16.0. The number of imidazole rings is 1. The van der Waals surface area contributed by atoms with Gasteiger partial charge in [0.25, 0.3) is 5.91 Å². The molecule has 26 heavy (non-hydrogen) atoms. The van der Waals surface area contributed by atoms with Gasteiger partial charge in [-0.15, -0.1) is 0 Å². The molecule has 0 aliphatic carbocycles. The SMILES string of the molecule is Cn1cc(-c2ccc(F)c(C(=O)Nc3ccc4c(c3)ncn4C)c2)cn1. The average molecular weight is 349 g/mol. The lowest BCUT2D eigenvalue weighted by Gasteiger charge is -2.08. The van der Waals surface area contributed by atoms with E-state index in [-0.39, 0.29) is 5.56 Å². The average Bonchev–Trinajstić information content (AvgIpc) is 3.21. The first-order valence-corrected chi connectivity index (χ1v) is 8.02. The van der Waals surface area contributed by atoms with E-state index in [0.29, 0.717) is 5.69 Å². The molecule has 2 aromatic carbocycles. The highest BCUT2D eigenvalue weighted by Crippen LogP contribution is 2.23. The number of aromatic nitrogens is 4. The van der Waals surface area contributed by atoms with E-state index in [9.17, 15) is 9.18 Å². The van der Waals surface area contributed by atoms with E-state index in [1.165, 1.54) is 12.1 Å². The standard InChI is InChI=1S/C19H16FN5O/c1-24-11-21-17-8-14(4-6-18(17)24)23-19(26)15-7-12(3-5-16(15)20)13-9-22-25(2)10-13/h3-11H,1-2H3,(H,23,26). The fourth-order valence-corrected chi connectivity index (χ4v) is 2.86. The van der Waals surface area contributed by atoms with E-state index in [1.807, 2.05) is 23.9 Å². The second kappa shape index (κ2) is 6.11. The Morgan fingerprint density at radius 2 is 1.96 bits per heavy atom. The number of aryl methyl sites for hydroxylation is 2. The van der Waals surface area contributed by atoms with Crippen molar-refractivity contribution in [2.24, 2.45) is 14.1 Å². The summed E-state index contributed by atoms with van der Waals surface area (Å²) < 4.78 is 17.7. The van der Waals surface area contributed by atoms with Gasteiger partial charge in [0, 0.05) is 31.5 Å². The quantitative estimate of drug-likeness (QED) is 0.617. The molecule has 4 aromatic rings. The molecule has 0 radical (unpaired) electrons. The first-order valence-electron chi connectivity index (χ1n) is 8.02. The first-order chi connectivity index (χ1) is 12.5. The molecule has 0 unspecified atom stereocenters. The van der Waals surface area contributed by atoms with Crippen molar-refractivity contribution >= 4 is 22.6 Å². The molecule has 0 fully saturated rings. The maximum atomic E-state index is 14.2. The van der Waals surface area contributed by atoms with Crippen molar-refractivity contribution in [3.63, 3.8) is 0 Å². The van der Waals surface area contributed by atoms with E-state index in [4.69, 9.17) is 0 Å². The number of carbonyl (C=O) groups is 1. The van der Waals surface area contributed by atoms with Crippen LogP contribution in [0.3, 0.4) is 0 Å². The van der Waals surface area contributed by atoms with Crippen molar-refractivity contribution in [2.75, 3.05) is 5.32 Å². The second-order valence-electron chi connectivity index (χ2n) is 6.11. The fourth-order valence-electron chi connectivity index (χ4n) is 2.86. The van der Waals surface area contributed by atoms with Crippen LogP contribution in [-0.2, 0) is 14.1 Å². The molecule has 6 nitrogen and oxygen atoms in total. The van der Waals surface area contributed by atoms with Crippen LogP contribution in [0.2, 0.25) is 0 Å². The number of nitrogens with one attached hydrogen (secondary N) is 1. The minimum absolute atomic E-state index is 0.0209. The monoisotopic (exact) mass is 349 g/mol. The van der Waals surface area contributed by atoms with Crippen molar-refractivity contribution in [3.05, 3.63) is 66.5 Å². The van der Waals surface area contributed by atoms with Crippen LogP contribution in [0.15, 0.2) is 55.1 Å². The van der Waals surface area contributed by atoms with Crippen LogP contribution in [0.1, 0.15) is 10.4 Å². The Balaban J connectivity index is 1.64. The predicted molar refractivity (Wildman–Crippen MR) is 97.3 cm³/mol. The Bertz CT molecular complexity index is 1130. The zero-order chi connectivity index (χ0) is 18.3. The van der Waals surface area contributed by atoms with E-state index in [2.05, 4.69) is 15.4 Å². The van der Waals surface area contributed by atoms with Gasteiger partial charge < -0.3 is 9.88 Å². The maximum absolute atomic E-state index is 14.2. The van der Waals surface area contributed by atoms with E-state index < -0.39 is 11.7 Å². The number of fused-ring (bicyclic) bond motifs is 1. The van der Waals surface area contributed by atoms with Crippen LogP contribution in [0.5, 0.6) is 0 Å². The number of nitrogens with zero attached hydrogens (tertiary/aromatic N) is 4. The van der Waals surface area contributed by atoms with E-state index in [0.717, 1.165) is 22.2 Å². The lowest BCUT2D eigenvalue weighted by atomic mass is 10.1. The van der Waals surface area contributed by atoms with Gasteiger partial charge in [-0.1, -0.05) is 6.07 Å². The molecule has 0 spiro atoms. The van der Waals surface area contributed by atoms with Gasteiger partial charge in [-0.25, -0.2) is 9.37 Å². The fraction of sp³-hybridized carbons (Fsp3) is 0.105. The number of rotatable bonds is 3. The van der Waals surface area contributed by atoms with Crippen LogP contribution in [0, 0.1) is 5.82 Å². The van der Waals surface area contributed by atoms with Gasteiger partial charge in [0.2, 0.25) is 0 Å². The molecule has 0 saturated heterocycles. The second-order valence-corrected chi connectivity index (χ2v) is 6.11. The van der Waals surface area contributed by atoms with Gasteiger partial charge in [0.15, 0.2) is 0 Å². The van der Waals surface area contributed by atoms with Crippen molar-refractivity contribution in [1.82, 2.24) is 19.3 Å². The Morgan fingerprint density at radius 1 is 1.12 bits per heavy atom. The molecule has 4 rings (SSSR count). The largest absolute Gasteiger partial charge is 0.334 e. The molecule has 0 atom stereocenters. The third kappa shape index (κ3) is 2.83. The summed E-state index contributed by atoms with van der Waals surface area (Å²) in [7, 11) is 3.70. The van der Waals surface area contributed by atoms with Crippen LogP contribution in [0.4, 0.5) is 10.1 Å². The topological polar surface area (TPSA) is 64.7 Å².